The Morgan fingerprint density at radius 3 is 2.76 bits per heavy atom. The Bertz CT molecular complexity index is 981. The highest BCUT2D eigenvalue weighted by Gasteiger charge is 2.12. The number of amides is 1. The van der Waals surface area contributed by atoms with Gasteiger partial charge in [-0.05, 0) is 37.6 Å². The lowest BCUT2D eigenvalue weighted by atomic mass is 10.1. The maximum atomic E-state index is 13.7. The van der Waals surface area contributed by atoms with Crippen LogP contribution in [0.4, 0.5) is 4.39 Å². The molecule has 0 saturated heterocycles. The molecule has 0 aliphatic heterocycles. The number of rotatable bonds is 3. The number of benzene rings is 2. The fourth-order valence-corrected chi connectivity index (χ4v) is 2.73. The number of halogens is 2. The summed E-state index contributed by atoms with van der Waals surface area (Å²) in [7, 11) is 0. The SMILES string of the molecule is Cc1nc2c(C)cccc2cc1C(=O)N/N=C/c1c(F)cccc1Cl. The van der Waals surface area contributed by atoms with E-state index < -0.39 is 11.7 Å². The summed E-state index contributed by atoms with van der Waals surface area (Å²) in [6, 6.07) is 11.9. The normalized spacial score (nSPS) is 11.2. The van der Waals surface area contributed by atoms with Crippen LogP contribution in [0.5, 0.6) is 0 Å². The van der Waals surface area contributed by atoms with E-state index in [2.05, 4.69) is 15.5 Å². The highest BCUT2D eigenvalue weighted by molar-refractivity contribution is 6.33. The number of pyridine rings is 1. The van der Waals surface area contributed by atoms with E-state index in [1.165, 1.54) is 18.3 Å². The first kappa shape index (κ1) is 17.0. The molecule has 0 aliphatic rings. The van der Waals surface area contributed by atoms with E-state index in [0.717, 1.165) is 16.5 Å². The topological polar surface area (TPSA) is 54.4 Å². The minimum absolute atomic E-state index is 0.119. The second kappa shape index (κ2) is 6.99. The van der Waals surface area contributed by atoms with Crippen LogP contribution in [0.1, 0.15) is 27.2 Å². The van der Waals surface area contributed by atoms with Gasteiger partial charge in [0.15, 0.2) is 0 Å². The van der Waals surface area contributed by atoms with Crippen molar-refractivity contribution in [2.45, 2.75) is 13.8 Å². The van der Waals surface area contributed by atoms with Gasteiger partial charge >= 0.3 is 0 Å². The summed E-state index contributed by atoms with van der Waals surface area (Å²) in [5.74, 6) is -0.929. The first-order valence-electron chi connectivity index (χ1n) is 7.62. The first-order chi connectivity index (χ1) is 12.0. The Morgan fingerprint density at radius 1 is 1.24 bits per heavy atom. The van der Waals surface area contributed by atoms with E-state index in [4.69, 9.17) is 11.6 Å². The summed E-state index contributed by atoms with van der Waals surface area (Å²) in [6.45, 7) is 3.73. The van der Waals surface area contributed by atoms with E-state index in [0.29, 0.717) is 11.3 Å². The van der Waals surface area contributed by atoms with Crippen molar-refractivity contribution >= 4 is 34.6 Å². The van der Waals surface area contributed by atoms with Crippen LogP contribution in [-0.2, 0) is 0 Å². The summed E-state index contributed by atoms with van der Waals surface area (Å²) >= 11 is 5.91. The fraction of sp³-hybridized carbons (Fsp3) is 0.105. The van der Waals surface area contributed by atoms with Crippen molar-refractivity contribution in [1.82, 2.24) is 10.4 Å². The van der Waals surface area contributed by atoms with Gasteiger partial charge in [0.25, 0.3) is 5.91 Å². The average molecular weight is 356 g/mol. The molecule has 3 rings (SSSR count). The number of hydrogen-bond donors (Lipinski definition) is 1. The molecule has 6 heteroatoms. The van der Waals surface area contributed by atoms with Crippen LogP contribution < -0.4 is 5.43 Å². The number of aryl methyl sites for hydroxylation is 2. The molecule has 0 saturated carbocycles. The van der Waals surface area contributed by atoms with Crippen LogP contribution in [0.15, 0.2) is 47.6 Å². The van der Waals surface area contributed by atoms with Crippen LogP contribution in [0, 0.1) is 19.7 Å². The molecule has 126 valence electrons. The van der Waals surface area contributed by atoms with Gasteiger partial charge in [-0.1, -0.05) is 35.9 Å². The Balaban J connectivity index is 1.85. The van der Waals surface area contributed by atoms with Crippen LogP contribution in [0.25, 0.3) is 10.9 Å². The van der Waals surface area contributed by atoms with Gasteiger partial charge < -0.3 is 0 Å². The quantitative estimate of drug-likeness (QED) is 0.559. The third-order valence-corrected chi connectivity index (χ3v) is 4.17. The number of hydrogen-bond acceptors (Lipinski definition) is 3. The van der Waals surface area contributed by atoms with Crippen LogP contribution >= 0.6 is 11.6 Å². The maximum Gasteiger partial charge on any atom is 0.273 e. The van der Waals surface area contributed by atoms with Crippen LogP contribution in [0.2, 0.25) is 5.02 Å². The van der Waals surface area contributed by atoms with Crippen molar-refractivity contribution in [2.24, 2.45) is 5.10 Å². The monoisotopic (exact) mass is 355 g/mol. The summed E-state index contributed by atoms with van der Waals surface area (Å²) in [4.78, 5) is 16.9. The molecule has 0 fully saturated rings. The molecule has 25 heavy (non-hydrogen) atoms. The zero-order valence-corrected chi connectivity index (χ0v) is 14.4. The third-order valence-electron chi connectivity index (χ3n) is 3.84. The second-order valence-corrected chi connectivity index (χ2v) is 6.01. The maximum absolute atomic E-state index is 13.7. The molecule has 1 heterocycles. The Labute approximate surface area is 149 Å². The molecule has 0 atom stereocenters. The van der Waals surface area contributed by atoms with Gasteiger partial charge in [-0.3, -0.25) is 9.78 Å². The highest BCUT2D eigenvalue weighted by Crippen LogP contribution is 2.20. The van der Waals surface area contributed by atoms with E-state index >= 15 is 0 Å². The fourth-order valence-electron chi connectivity index (χ4n) is 2.52. The molecule has 2 aromatic carbocycles. The third kappa shape index (κ3) is 3.51. The van der Waals surface area contributed by atoms with Crippen molar-refractivity contribution in [1.29, 1.82) is 0 Å². The number of aromatic nitrogens is 1. The lowest BCUT2D eigenvalue weighted by Crippen LogP contribution is -2.19. The van der Waals surface area contributed by atoms with Gasteiger partial charge in [0.2, 0.25) is 0 Å². The highest BCUT2D eigenvalue weighted by atomic mass is 35.5. The Kier molecular flexibility index (Phi) is 4.76. The minimum Gasteiger partial charge on any atom is -0.267 e. The molecule has 1 aromatic heterocycles. The Morgan fingerprint density at radius 2 is 2.00 bits per heavy atom. The molecule has 0 unspecified atom stereocenters. The number of nitrogens with one attached hydrogen (secondary N) is 1. The molecular formula is C19H15ClFN3O. The number of carbonyl (C=O) groups is 1. The van der Waals surface area contributed by atoms with Crippen molar-refractivity contribution < 1.29 is 9.18 Å². The first-order valence-corrected chi connectivity index (χ1v) is 7.99. The summed E-state index contributed by atoms with van der Waals surface area (Å²) in [5.41, 5.74) is 5.41. The van der Waals surface area contributed by atoms with Gasteiger partial charge in [0.05, 0.1) is 28.0 Å². The standard InChI is InChI=1S/C19H15ClFN3O/c1-11-5-3-6-13-9-14(12(2)23-18(11)13)19(25)24-22-10-15-16(20)7-4-8-17(15)21/h3-10H,1-2H3,(H,24,25)/b22-10+. The summed E-state index contributed by atoms with van der Waals surface area (Å²) in [5, 5.41) is 4.89. The van der Waals surface area contributed by atoms with E-state index in [-0.39, 0.29) is 10.6 Å². The van der Waals surface area contributed by atoms with E-state index in [1.807, 2.05) is 25.1 Å². The largest absolute Gasteiger partial charge is 0.273 e. The zero-order valence-electron chi connectivity index (χ0n) is 13.7. The molecule has 1 amide bonds. The number of fused-ring (bicyclic) bond motifs is 1. The summed E-state index contributed by atoms with van der Waals surface area (Å²) < 4.78 is 13.7. The smallest absolute Gasteiger partial charge is 0.267 e. The Hall–Kier alpha value is -2.79. The predicted octanol–water partition coefficient (Wildman–Crippen LogP) is 4.41. The molecule has 0 radical (unpaired) electrons. The molecule has 4 nitrogen and oxygen atoms in total. The molecule has 0 bridgehead atoms. The molecule has 1 N–H and O–H groups in total. The molecule has 0 spiro atoms. The van der Waals surface area contributed by atoms with Crippen LogP contribution in [-0.4, -0.2) is 17.1 Å². The number of para-hydroxylation sites is 1. The molecule has 0 aliphatic carbocycles. The number of nitrogens with zero attached hydrogens (tertiary/aromatic N) is 2. The molecule has 3 aromatic rings. The van der Waals surface area contributed by atoms with Gasteiger partial charge in [0, 0.05) is 10.9 Å². The second-order valence-electron chi connectivity index (χ2n) is 5.60. The number of carbonyl (C=O) groups excluding carboxylic acids is 1. The van der Waals surface area contributed by atoms with Gasteiger partial charge in [0.1, 0.15) is 5.82 Å². The number of hydrazone groups is 1. The van der Waals surface area contributed by atoms with E-state index in [9.17, 15) is 9.18 Å². The van der Waals surface area contributed by atoms with Gasteiger partial charge in [-0.25, -0.2) is 9.82 Å². The van der Waals surface area contributed by atoms with Crippen molar-refractivity contribution in [2.75, 3.05) is 0 Å². The lowest BCUT2D eigenvalue weighted by molar-refractivity contribution is 0.0954. The summed E-state index contributed by atoms with van der Waals surface area (Å²) in [6.07, 6.45) is 1.18. The van der Waals surface area contributed by atoms with Crippen LogP contribution in [0.3, 0.4) is 0 Å². The predicted molar refractivity (Wildman–Crippen MR) is 97.7 cm³/mol. The minimum atomic E-state index is -0.510. The van der Waals surface area contributed by atoms with Crippen molar-refractivity contribution in [3.63, 3.8) is 0 Å². The van der Waals surface area contributed by atoms with Gasteiger partial charge in [-0.2, -0.15) is 5.10 Å². The van der Waals surface area contributed by atoms with Gasteiger partial charge in [-0.15, -0.1) is 0 Å². The van der Waals surface area contributed by atoms with Crippen molar-refractivity contribution in [3.8, 4) is 0 Å². The van der Waals surface area contributed by atoms with E-state index in [1.54, 1.807) is 19.1 Å². The lowest BCUT2D eigenvalue weighted by Gasteiger charge is -2.08. The molecular weight excluding hydrogens is 341 g/mol. The zero-order chi connectivity index (χ0) is 18.0. The van der Waals surface area contributed by atoms with Crippen molar-refractivity contribution in [3.05, 3.63) is 75.7 Å². The average Bonchev–Trinajstić information content (AvgIpc) is 2.58.